The van der Waals surface area contributed by atoms with Gasteiger partial charge in [-0.3, -0.25) is 9.59 Å². The van der Waals surface area contributed by atoms with Crippen LogP contribution in [0.15, 0.2) is 0 Å². The maximum absolute atomic E-state index is 12.3. The smallest absolute Gasteiger partial charge is 0.305 e. The van der Waals surface area contributed by atoms with Crippen LogP contribution in [0.3, 0.4) is 0 Å². The van der Waals surface area contributed by atoms with Crippen molar-refractivity contribution in [3.05, 3.63) is 0 Å². The van der Waals surface area contributed by atoms with Gasteiger partial charge in [0.05, 0.1) is 12.7 Å². The Bertz CT molecular complexity index is 486. The van der Waals surface area contributed by atoms with E-state index in [1.165, 1.54) is 19.3 Å². The Morgan fingerprint density at radius 1 is 1.13 bits per heavy atom. The van der Waals surface area contributed by atoms with Gasteiger partial charge in [-0.15, -0.1) is 0 Å². The zero-order valence-electron chi connectivity index (χ0n) is 19.9. The van der Waals surface area contributed by atoms with Gasteiger partial charge in [-0.1, -0.05) is 59.3 Å². The summed E-state index contributed by atoms with van der Waals surface area (Å²) in [6, 6.07) is 0. The molecule has 5 heteroatoms. The van der Waals surface area contributed by atoms with E-state index in [0.29, 0.717) is 35.9 Å². The number of hydrogen-bond acceptors (Lipinski definition) is 5. The van der Waals surface area contributed by atoms with Crippen molar-refractivity contribution in [2.45, 2.75) is 123 Å². The fraction of sp³-hybridized carbons (Fsp3) is 0.920. The van der Waals surface area contributed by atoms with E-state index in [9.17, 15) is 14.7 Å². The number of carbonyl (C=O) groups excluding carboxylic acids is 2. The first kappa shape index (κ1) is 27.5. The van der Waals surface area contributed by atoms with Crippen molar-refractivity contribution in [2.75, 3.05) is 12.4 Å². The monoisotopic (exact) mass is 442 g/mol. The first-order valence-electron chi connectivity index (χ1n) is 12.2. The van der Waals surface area contributed by atoms with Crippen LogP contribution < -0.4 is 0 Å². The van der Waals surface area contributed by atoms with Crippen molar-refractivity contribution in [2.24, 2.45) is 11.3 Å². The summed E-state index contributed by atoms with van der Waals surface area (Å²) in [6.45, 7) is 9.12. The average molecular weight is 443 g/mol. The summed E-state index contributed by atoms with van der Waals surface area (Å²) >= 11 is 1.82. The van der Waals surface area contributed by atoms with Crippen LogP contribution in [0.5, 0.6) is 0 Å². The Labute approximate surface area is 189 Å². The third-order valence-corrected chi connectivity index (χ3v) is 7.53. The second kappa shape index (κ2) is 15.3. The molecular weight excluding hydrogens is 396 g/mol. The molecule has 4 nitrogen and oxygen atoms in total. The molecule has 0 spiro atoms. The predicted octanol–water partition coefficient (Wildman–Crippen LogP) is 6.33. The molecule has 1 rings (SSSR count). The normalized spacial score (nSPS) is 20.5. The highest BCUT2D eigenvalue weighted by Crippen LogP contribution is 2.36. The van der Waals surface area contributed by atoms with E-state index >= 15 is 0 Å². The topological polar surface area (TPSA) is 63.6 Å². The lowest BCUT2D eigenvalue weighted by molar-refractivity contribution is -0.143. The molecule has 0 saturated heterocycles. The molecule has 0 aliphatic heterocycles. The minimum Gasteiger partial charge on any atom is -0.466 e. The van der Waals surface area contributed by atoms with E-state index in [4.69, 9.17) is 4.74 Å². The second-order valence-corrected chi connectivity index (χ2v) is 11.3. The number of unbranched alkanes of at least 4 members (excludes halogenated alkanes) is 5. The van der Waals surface area contributed by atoms with Crippen LogP contribution in [-0.2, 0) is 14.3 Å². The first-order chi connectivity index (χ1) is 14.2. The van der Waals surface area contributed by atoms with Crippen molar-refractivity contribution in [1.29, 1.82) is 0 Å². The first-order valence-corrected chi connectivity index (χ1v) is 13.3. The van der Waals surface area contributed by atoms with Gasteiger partial charge in [0.2, 0.25) is 0 Å². The highest BCUT2D eigenvalue weighted by atomic mass is 32.2. The molecule has 3 atom stereocenters. The molecule has 3 unspecified atom stereocenters. The molecule has 0 aromatic carbocycles. The van der Waals surface area contributed by atoms with Crippen molar-refractivity contribution in [1.82, 2.24) is 0 Å². The zero-order chi connectivity index (χ0) is 22.4. The van der Waals surface area contributed by atoms with Crippen molar-refractivity contribution in [3.8, 4) is 0 Å². The summed E-state index contributed by atoms with van der Waals surface area (Å²) in [7, 11) is 0. The van der Waals surface area contributed by atoms with Gasteiger partial charge in [0.15, 0.2) is 0 Å². The van der Waals surface area contributed by atoms with Gasteiger partial charge in [0.1, 0.15) is 5.78 Å². The predicted molar refractivity (Wildman–Crippen MR) is 127 cm³/mol. The van der Waals surface area contributed by atoms with Gasteiger partial charge < -0.3 is 9.84 Å². The molecule has 176 valence electrons. The van der Waals surface area contributed by atoms with Crippen LogP contribution in [0, 0.1) is 11.3 Å². The summed E-state index contributed by atoms with van der Waals surface area (Å²) < 4.78 is 4.95. The van der Waals surface area contributed by atoms with Gasteiger partial charge in [-0.2, -0.15) is 11.8 Å². The van der Waals surface area contributed by atoms with Gasteiger partial charge >= 0.3 is 5.97 Å². The zero-order valence-corrected chi connectivity index (χ0v) is 20.7. The molecule has 0 heterocycles. The number of esters is 1. The number of rotatable bonds is 16. The number of aliphatic hydroxyl groups excluding tert-OH is 1. The van der Waals surface area contributed by atoms with Crippen molar-refractivity contribution < 1.29 is 19.4 Å². The molecule has 1 saturated carbocycles. The van der Waals surface area contributed by atoms with Gasteiger partial charge in [-0.05, 0) is 44.4 Å². The van der Waals surface area contributed by atoms with E-state index in [1.54, 1.807) is 0 Å². The highest BCUT2D eigenvalue weighted by Gasteiger charge is 2.34. The summed E-state index contributed by atoms with van der Waals surface area (Å²) in [5.41, 5.74) is 0.402. The lowest BCUT2D eigenvalue weighted by atomic mass is 9.89. The molecule has 1 aliphatic carbocycles. The van der Waals surface area contributed by atoms with Crippen LogP contribution in [-0.4, -0.2) is 40.6 Å². The molecule has 1 fully saturated rings. The van der Waals surface area contributed by atoms with Crippen LogP contribution in [0.1, 0.15) is 111 Å². The number of Topliss-reactive ketones (excluding diaryl/α,β-unsaturated/α-hetero) is 1. The highest BCUT2D eigenvalue weighted by molar-refractivity contribution is 8.00. The maximum atomic E-state index is 12.3. The molecule has 0 bridgehead atoms. The molecule has 0 aromatic rings. The van der Waals surface area contributed by atoms with E-state index < -0.39 is 0 Å². The van der Waals surface area contributed by atoms with Crippen LogP contribution in [0.25, 0.3) is 0 Å². The lowest BCUT2D eigenvalue weighted by Crippen LogP contribution is -2.20. The summed E-state index contributed by atoms with van der Waals surface area (Å²) in [5, 5.41) is 10.7. The molecule has 30 heavy (non-hydrogen) atoms. The van der Waals surface area contributed by atoms with E-state index in [2.05, 4.69) is 20.8 Å². The Balaban J connectivity index is 2.14. The van der Waals surface area contributed by atoms with Gasteiger partial charge in [0.25, 0.3) is 0 Å². The minimum atomic E-state index is -0.246. The largest absolute Gasteiger partial charge is 0.466 e. The van der Waals surface area contributed by atoms with Crippen LogP contribution in [0.4, 0.5) is 0 Å². The van der Waals surface area contributed by atoms with Crippen LogP contribution in [0.2, 0.25) is 0 Å². The van der Waals surface area contributed by atoms with Crippen molar-refractivity contribution >= 4 is 23.5 Å². The number of hydrogen-bond donors (Lipinski definition) is 1. The Hall–Kier alpha value is -0.550. The third kappa shape index (κ3) is 13.0. The Morgan fingerprint density at radius 2 is 1.83 bits per heavy atom. The summed E-state index contributed by atoms with van der Waals surface area (Å²) in [6.07, 6.45) is 12.5. The SMILES string of the molecule is CCOC(=O)CCCCCCC1C(=O)CCC1SCC(O)CCCCCC(C)(C)C. The average Bonchev–Trinajstić information content (AvgIpc) is 3.01. The van der Waals surface area contributed by atoms with E-state index in [0.717, 1.165) is 57.1 Å². The number of thioether (sulfide) groups is 1. The number of ketones is 1. The number of ether oxygens (including phenoxy) is 1. The summed E-state index contributed by atoms with van der Waals surface area (Å²) in [4.78, 5) is 23.6. The summed E-state index contributed by atoms with van der Waals surface area (Å²) in [5.74, 6) is 1.23. The van der Waals surface area contributed by atoms with Crippen LogP contribution >= 0.6 is 11.8 Å². The number of carbonyl (C=O) groups is 2. The van der Waals surface area contributed by atoms with Crippen molar-refractivity contribution in [3.63, 3.8) is 0 Å². The molecule has 0 radical (unpaired) electrons. The molecule has 1 aliphatic rings. The van der Waals surface area contributed by atoms with E-state index in [1.807, 2.05) is 18.7 Å². The third-order valence-electron chi connectivity index (χ3n) is 5.96. The quantitative estimate of drug-likeness (QED) is 0.223. The Kier molecular flexibility index (Phi) is 14.0. The fourth-order valence-electron chi connectivity index (χ4n) is 4.18. The second-order valence-electron chi connectivity index (χ2n) is 10.1. The lowest BCUT2D eigenvalue weighted by Gasteiger charge is -2.20. The Morgan fingerprint density at radius 3 is 2.53 bits per heavy atom. The van der Waals surface area contributed by atoms with Gasteiger partial charge in [0, 0.05) is 29.8 Å². The number of aliphatic hydroxyl groups is 1. The molecule has 0 amide bonds. The minimum absolute atomic E-state index is 0.104. The fourth-order valence-corrected chi connectivity index (χ4v) is 5.62. The standard InChI is InChI=1S/C25H46O4S/c1-5-29-24(28)15-11-7-6-10-14-21-22(27)16-17-23(21)30-19-20(26)13-9-8-12-18-25(2,3)4/h20-21,23,26H,5-19H2,1-4H3. The maximum Gasteiger partial charge on any atom is 0.305 e. The molecular formula is C25H46O4S. The molecule has 1 N–H and O–H groups in total. The molecule has 0 aromatic heterocycles. The van der Waals surface area contributed by atoms with E-state index in [-0.39, 0.29) is 18.0 Å². The van der Waals surface area contributed by atoms with Gasteiger partial charge in [-0.25, -0.2) is 0 Å².